The predicted octanol–water partition coefficient (Wildman–Crippen LogP) is 8.55. The quantitative estimate of drug-likeness (QED) is 0.0998. The Bertz CT molecular complexity index is 1710. The predicted molar refractivity (Wildman–Crippen MR) is 171 cm³/mol. The second-order valence-electron chi connectivity index (χ2n) is 11.2. The summed E-state index contributed by atoms with van der Waals surface area (Å²) in [5.41, 5.74) is 5.50. The molecule has 0 radical (unpaired) electrons. The molecule has 0 bridgehead atoms. The molecule has 4 rings (SSSR count). The first kappa shape index (κ1) is 31.1. The Balaban J connectivity index is 2.11. The third kappa shape index (κ3) is 6.16. The van der Waals surface area contributed by atoms with E-state index in [9.17, 15) is 13.2 Å². The summed E-state index contributed by atoms with van der Waals surface area (Å²) in [5.74, 6) is 0.785. The van der Waals surface area contributed by atoms with Crippen molar-refractivity contribution in [1.82, 2.24) is 3.97 Å². The van der Waals surface area contributed by atoms with Gasteiger partial charge in [0, 0.05) is 17.0 Å². The van der Waals surface area contributed by atoms with Crippen LogP contribution in [0.1, 0.15) is 83.0 Å². The summed E-state index contributed by atoms with van der Waals surface area (Å²) in [7, 11) is -2.72. The van der Waals surface area contributed by atoms with E-state index in [1.807, 2.05) is 24.3 Å². The van der Waals surface area contributed by atoms with Crippen LogP contribution in [0.4, 0.5) is 0 Å². The smallest absolute Gasteiger partial charge is 0.330 e. The van der Waals surface area contributed by atoms with Gasteiger partial charge in [-0.05, 0) is 77.8 Å². The van der Waals surface area contributed by atoms with Gasteiger partial charge in [0.15, 0.2) is 0 Å². The number of carbonyl (C=O) groups is 1. The Hall–Kier alpha value is -3.84. The summed E-state index contributed by atoms with van der Waals surface area (Å²) >= 11 is 0. The molecule has 4 aromatic rings. The van der Waals surface area contributed by atoms with Crippen LogP contribution in [0.15, 0.2) is 77.7 Å². The van der Waals surface area contributed by atoms with Gasteiger partial charge < -0.3 is 9.47 Å². The van der Waals surface area contributed by atoms with Gasteiger partial charge in [0.2, 0.25) is 0 Å². The molecular formula is C35H41NO5S. The van der Waals surface area contributed by atoms with Crippen molar-refractivity contribution in [1.29, 1.82) is 0 Å². The topological polar surface area (TPSA) is 74.6 Å². The van der Waals surface area contributed by atoms with Crippen molar-refractivity contribution in [2.75, 3.05) is 13.7 Å². The lowest BCUT2D eigenvalue weighted by Crippen LogP contribution is -2.15. The number of allylic oxidation sites excluding steroid dienone is 1. The van der Waals surface area contributed by atoms with Crippen LogP contribution >= 0.6 is 0 Å². The van der Waals surface area contributed by atoms with Crippen molar-refractivity contribution in [2.24, 2.45) is 0 Å². The monoisotopic (exact) mass is 587 g/mol. The number of nitrogens with zero attached hydrogens (tertiary/aromatic N) is 1. The molecule has 3 aromatic carbocycles. The zero-order chi connectivity index (χ0) is 30.6. The zero-order valence-corrected chi connectivity index (χ0v) is 26.4. The summed E-state index contributed by atoms with van der Waals surface area (Å²) in [5, 5.41) is 0.751. The molecule has 1 aromatic heterocycles. The number of carbonyl (C=O) groups excluding carboxylic acids is 1. The molecule has 0 aliphatic rings. The molecule has 0 N–H and O–H groups in total. The van der Waals surface area contributed by atoms with Crippen LogP contribution in [0.2, 0.25) is 0 Å². The largest absolute Gasteiger partial charge is 0.493 e. The number of hydrogen-bond acceptors (Lipinski definition) is 5. The number of hydrogen-bond donors (Lipinski definition) is 0. The minimum atomic E-state index is -4.02. The third-order valence-electron chi connectivity index (χ3n) is 7.49. The normalized spacial score (nSPS) is 12.4. The van der Waals surface area contributed by atoms with E-state index in [4.69, 9.17) is 9.47 Å². The van der Waals surface area contributed by atoms with Gasteiger partial charge in [-0.25, -0.2) is 17.2 Å². The van der Waals surface area contributed by atoms with Gasteiger partial charge in [0.1, 0.15) is 5.75 Å². The van der Waals surface area contributed by atoms with E-state index in [2.05, 4.69) is 46.8 Å². The molecule has 0 aliphatic carbocycles. The molecule has 222 valence electrons. The first-order valence-electron chi connectivity index (χ1n) is 14.5. The molecule has 1 heterocycles. The molecular weight excluding hydrogens is 546 g/mol. The number of methoxy groups -OCH3 is 1. The maximum absolute atomic E-state index is 14.2. The Labute approximate surface area is 250 Å². The summed E-state index contributed by atoms with van der Waals surface area (Å²) in [6, 6.07) is 20.3. The third-order valence-corrected chi connectivity index (χ3v) is 9.23. The summed E-state index contributed by atoms with van der Waals surface area (Å²) in [4.78, 5) is 12.4. The van der Waals surface area contributed by atoms with Gasteiger partial charge in [-0.1, -0.05) is 77.4 Å². The van der Waals surface area contributed by atoms with E-state index in [-0.39, 0.29) is 16.7 Å². The number of aromatic nitrogens is 1. The molecule has 6 nitrogen and oxygen atoms in total. The number of unbranched alkanes of at least 4 members (excludes halogenated alkanes) is 1. The molecule has 0 unspecified atom stereocenters. The van der Waals surface area contributed by atoms with Crippen molar-refractivity contribution in [2.45, 2.75) is 71.1 Å². The second-order valence-corrected chi connectivity index (χ2v) is 13.0. The first-order chi connectivity index (χ1) is 20.0. The van der Waals surface area contributed by atoms with Gasteiger partial charge in [-0.2, -0.15) is 0 Å². The van der Waals surface area contributed by atoms with Crippen LogP contribution < -0.4 is 4.74 Å². The van der Waals surface area contributed by atoms with Crippen LogP contribution in [-0.2, 0) is 19.6 Å². The van der Waals surface area contributed by atoms with Crippen LogP contribution in [0.25, 0.3) is 27.6 Å². The van der Waals surface area contributed by atoms with Crippen molar-refractivity contribution >= 4 is 32.5 Å². The highest BCUT2D eigenvalue weighted by molar-refractivity contribution is 7.90. The number of benzene rings is 3. The Morgan fingerprint density at radius 2 is 1.64 bits per heavy atom. The summed E-state index contributed by atoms with van der Waals surface area (Å²) in [6.45, 7) is 13.1. The summed E-state index contributed by atoms with van der Waals surface area (Å²) < 4.78 is 41.0. The Morgan fingerprint density at radius 1 is 0.929 bits per heavy atom. The van der Waals surface area contributed by atoms with E-state index in [1.54, 1.807) is 37.3 Å². The SMILES string of the molecule is CCCCOc1c(-c2cccc3c2cc(/C(C)=C\C(=O)OC)n3S(=O)(=O)c2ccccc2)cc(C(C)C)cc1C(C)C. The lowest BCUT2D eigenvalue weighted by Gasteiger charge is -2.22. The highest BCUT2D eigenvalue weighted by Gasteiger charge is 2.27. The maximum Gasteiger partial charge on any atom is 0.330 e. The van der Waals surface area contributed by atoms with Gasteiger partial charge in [0.25, 0.3) is 10.0 Å². The molecule has 0 saturated heterocycles. The molecule has 0 saturated carbocycles. The minimum Gasteiger partial charge on any atom is -0.493 e. The highest BCUT2D eigenvalue weighted by Crippen LogP contribution is 2.44. The highest BCUT2D eigenvalue weighted by atomic mass is 32.2. The standard InChI is InChI=1S/C35H41NO5S/c1-8-9-18-41-35-29(24(4)5)20-26(23(2)3)21-31(35)28-16-13-17-32-30(28)22-33(25(6)19-34(37)40-7)36(32)42(38,39)27-14-11-10-12-15-27/h10-17,19-24H,8-9,18H2,1-7H3/b25-19-. The zero-order valence-electron chi connectivity index (χ0n) is 25.6. The van der Waals surface area contributed by atoms with E-state index in [1.165, 1.54) is 22.7 Å². The fraction of sp³-hybridized carbons (Fsp3) is 0.343. The molecule has 7 heteroatoms. The maximum atomic E-state index is 14.2. The fourth-order valence-electron chi connectivity index (χ4n) is 5.10. The van der Waals surface area contributed by atoms with Crippen LogP contribution in [0.5, 0.6) is 5.75 Å². The van der Waals surface area contributed by atoms with Crippen molar-refractivity contribution in [3.05, 3.63) is 89.6 Å². The molecule has 0 spiro atoms. The molecule has 0 atom stereocenters. The lowest BCUT2D eigenvalue weighted by molar-refractivity contribution is -0.134. The summed E-state index contributed by atoms with van der Waals surface area (Å²) in [6.07, 6.45) is 3.27. The van der Waals surface area contributed by atoms with Crippen molar-refractivity contribution < 1.29 is 22.7 Å². The molecule has 0 aliphatic heterocycles. The van der Waals surface area contributed by atoms with Crippen LogP contribution in [0.3, 0.4) is 0 Å². The average Bonchev–Trinajstić information content (AvgIpc) is 3.38. The molecule has 0 fully saturated rings. The number of esters is 1. The minimum absolute atomic E-state index is 0.160. The molecule has 42 heavy (non-hydrogen) atoms. The van der Waals surface area contributed by atoms with E-state index < -0.39 is 16.0 Å². The second kappa shape index (κ2) is 13.0. The Morgan fingerprint density at radius 3 is 2.26 bits per heavy atom. The fourth-order valence-corrected chi connectivity index (χ4v) is 6.68. The van der Waals surface area contributed by atoms with Gasteiger partial charge in [-0.3, -0.25) is 0 Å². The average molecular weight is 588 g/mol. The first-order valence-corrected chi connectivity index (χ1v) is 16.0. The van der Waals surface area contributed by atoms with Crippen molar-refractivity contribution in [3.8, 4) is 16.9 Å². The van der Waals surface area contributed by atoms with Crippen LogP contribution in [-0.4, -0.2) is 32.1 Å². The van der Waals surface area contributed by atoms with Crippen molar-refractivity contribution in [3.63, 3.8) is 0 Å². The number of rotatable bonds is 11. The van der Waals surface area contributed by atoms with E-state index in [0.29, 0.717) is 23.4 Å². The van der Waals surface area contributed by atoms with E-state index >= 15 is 0 Å². The Kier molecular flexibility index (Phi) is 9.62. The van der Waals surface area contributed by atoms with Gasteiger partial charge in [0.05, 0.1) is 29.8 Å². The number of ether oxygens (including phenoxy) is 2. The van der Waals surface area contributed by atoms with Crippen LogP contribution in [0, 0.1) is 0 Å². The number of fused-ring (bicyclic) bond motifs is 1. The van der Waals surface area contributed by atoms with Gasteiger partial charge in [-0.15, -0.1) is 0 Å². The lowest BCUT2D eigenvalue weighted by atomic mass is 9.88. The van der Waals surface area contributed by atoms with E-state index in [0.717, 1.165) is 40.7 Å². The molecule has 0 amide bonds. The van der Waals surface area contributed by atoms with Gasteiger partial charge >= 0.3 is 5.97 Å².